The molecule has 0 aliphatic carbocycles. The summed E-state index contributed by atoms with van der Waals surface area (Å²) in [5.74, 6) is 1.53. The average molecular weight is 357 g/mol. The van der Waals surface area contributed by atoms with Gasteiger partial charge in [-0.15, -0.1) is 0 Å². The van der Waals surface area contributed by atoms with Crippen molar-refractivity contribution in [2.75, 3.05) is 10.6 Å². The monoisotopic (exact) mass is 357 g/mol. The summed E-state index contributed by atoms with van der Waals surface area (Å²) in [6.07, 6.45) is 1.87. The molecule has 0 fully saturated rings. The number of hydrogen-bond acceptors (Lipinski definition) is 2. The topological polar surface area (TPSA) is 66.2 Å². The zero-order valence-corrected chi connectivity index (χ0v) is 14.8. The first-order valence-electron chi connectivity index (χ1n) is 8.66. The number of aromatic amines is 1. The Bertz CT molecular complexity index is 1090. The number of fused-ring (bicyclic) bond motifs is 1. The Balaban J connectivity index is 1.42. The van der Waals surface area contributed by atoms with Crippen LogP contribution in [0.5, 0.6) is 11.5 Å². The zero-order chi connectivity index (χ0) is 18.6. The molecule has 4 rings (SSSR count). The van der Waals surface area contributed by atoms with Gasteiger partial charge >= 0.3 is 6.03 Å². The van der Waals surface area contributed by atoms with E-state index in [-0.39, 0.29) is 6.03 Å². The molecule has 0 saturated heterocycles. The van der Waals surface area contributed by atoms with E-state index in [1.54, 1.807) is 0 Å². The first-order chi connectivity index (χ1) is 13.2. The molecule has 0 atom stereocenters. The second-order valence-electron chi connectivity index (χ2n) is 6.25. The fourth-order valence-electron chi connectivity index (χ4n) is 2.88. The molecule has 0 aliphatic heterocycles. The summed E-state index contributed by atoms with van der Waals surface area (Å²) in [6, 6.07) is 22.6. The Morgan fingerprint density at radius 1 is 0.889 bits per heavy atom. The second-order valence-corrected chi connectivity index (χ2v) is 6.25. The van der Waals surface area contributed by atoms with Crippen molar-refractivity contribution in [2.45, 2.75) is 6.92 Å². The van der Waals surface area contributed by atoms with Crippen LogP contribution in [0.15, 0.2) is 79.0 Å². The van der Waals surface area contributed by atoms with Gasteiger partial charge in [0.25, 0.3) is 0 Å². The van der Waals surface area contributed by atoms with E-state index in [2.05, 4.69) is 15.6 Å². The van der Waals surface area contributed by atoms with Crippen LogP contribution in [0.3, 0.4) is 0 Å². The first kappa shape index (κ1) is 16.7. The van der Waals surface area contributed by atoms with Gasteiger partial charge in [0, 0.05) is 28.5 Å². The number of amides is 2. The summed E-state index contributed by atoms with van der Waals surface area (Å²) in [5.41, 5.74) is 3.41. The molecule has 1 aromatic heterocycles. The van der Waals surface area contributed by atoms with Gasteiger partial charge in [0.1, 0.15) is 11.5 Å². The third-order valence-electron chi connectivity index (χ3n) is 4.21. The molecule has 3 aromatic carbocycles. The van der Waals surface area contributed by atoms with Crippen molar-refractivity contribution in [1.82, 2.24) is 4.98 Å². The fraction of sp³-hybridized carbons (Fsp3) is 0.0455. The molecule has 1 heterocycles. The molecule has 2 amide bonds. The van der Waals surface area contributed by atoms with E-state index in [0.29, 0.717) is 5.69 Å². The minimum atomic E-state index is -0.291. The van der Waals surface area contributed by atoms with Crippen LogP contribution in [-0.4, -0.2) is 11.0 Å². The van der Waals surface area contributed by atoms with E-state index in [9.17, 15) is 4.79 Å². The number of ether oxygens (including phenoxy) is 1. The van der Waals surface area contributed by atoms with Crippen molar-refractivity contribution in [3.05, 3.63) is 84.6 Å². The molecule has 5 nitrogen and oxygen atoms in total. The summed E-state index contributed by atoms with van der Waals surface area (Å²) >= 11 is 0. The number of anilines is 2. The average Bonchev–Trinajstić information content (AvgIpc) is 3.12. The highest BCUT2D eigenvalue weighted by Gasteiger charge is 2.07. The Morgan fingerprint density at radius 3 is 2.41 bits per heavy atom. The Labute approximate surface area is 157 Å². The summed E-state index contributed by atoms with van der Waals surface area (Å²) in [7, 11) is 0. The van der Waals surface area contributed by atoms with Crippen molar-refractivity contribution >= 4 is 28.3 Å². The van der Waals surface area contributed by atoms with Crippen LogP contribution >= 0.6 is 0 Å². The maximum Gasteiger partial charge on any atom is 0.323 e. The van der Waals surface area contributed by atoms with Crippen LogP contribution in [0.25, 0.3) is 10.9 Å². The number of benzene rings is 3. The van der Waals surface area contributed by atoms with Gasteiger partial charge in [-0.3, -0.25) is 0 Å². The van der Waals surface area contributed by atoms with E-state index < -0.39 is 0 Å². The van der Waals surface area contributed by atoms with Gasteiger partial charge in [-0.1, -0.05) is 18.2 Å². The largest absolute Gasteiger partial charge is 0.457 e. The number of aromatic nitrogens is 1. The molecule has 27 heavy (non-hydrogen) atoms. The van der Waals surface area contributed by atoms with Gasteiger partial charge in [-0.05, 0) is 67.1 Å². The lowest BCUT2D eigenvalue weighted by molar-refractivity contribution is 0.262. The second kappa shape index (κ2) is 7.25. The summed E-state index contributed by atoms with van der Waals surface area (Å²) in [4.78, 5) is 15.4. The molecule has 4 aromatic rings. The van der Waals surface area contributed by atoms with Crippen LogP contribution in [-0.2, 0) is 0 Å². The van der Waals surface area contributed by atoms with Crippen LogP contribution < -0.4 is 15.4 Å². The summed E-state index contributed by atoms with van der Waals surface area (Å²) in [5, 5.41) is 6.75. The number of hydrogen-bond donors (Lipinski definition) is 3. The molecular weight excluding hydrogens is 338 g/mol. The van der Waals surface area contributed by atoms with Gasteiger partial charge in [-0.2, -0.15) is 0 Å². The predicted molar refractivity (Wildman–Crippen MR) is 109 cm³/mol. The maximum absolute atomic E-state index is 12.3. The quantitative estimate of drug-likeness (QED) is 0.425. The van der Waals surface area contributed by atoms with E-state index in [0.717, 1.165) is 33.7 Å². The Morgan fingerprint density at radius 2 is 1.63 bits per heavy atom. The SMILES string of the molecule is Cc1cc(NC(=O)Nc2ccc3[nH]ccc3c2)ccc1Oc1ccccc1. The molecule has 5 heteroatoms. The number of carbonyl (C=O) groups is 1. The van der Waals surface area contributed by atoms with Gasteiger partial charge in [0.2, 0.25) is 0 Å². The van der Waals surface area contributed by atoms with Crippen LogP contribution in [0.1, 0.15) is 5.56 Å². The molecule has 0 saturated carbocycles. The standard InChI is InChI=1S/C22H19N3O2/c1-15-13-17(8-10-21(15)27-19-5-3-2-4-6-19)24-22(26)25-18-7-9-20-16(14-18)11-12-23-20/h2-14,23H,1H3,(H2,24,25,26). The number of H-pyrrole nitrogens is 1. The molecular formula is C22H19N3O2. The first-order valence-corrected chi connectivity index (χ1v) is 8.66. The van der Waals surface area contributed by atoms with Gasteiger partial charge in [0.15, 0.2) is 0 Å². The number of para-hydroxylation sites is 1. The number of aryl methyl sites for hydroxylation is 1. The van der Waals surface area contributed by atoms with Crippen molar-refractivity contribution in [1.29, 1.82) is 0 Å². The highest BCUT2D eigenvalue weighted by molar-refractivity contribution is 6.01. The van der Waals surface area contributed by atoms with Crippen molar-refractivity contribution in [3.63, 3.8) is 0 Å². The number of rotatable bonds is 4. The third kappa shape index (κ3) is 3.93. The van der Waals surface area contributed by atoms with Gasteiger partial charge in [0.05, 0.1) is 0 Å². The summed E-state index contributed by atoms with van der Waals surface area (Å²) in [6.45, 7) is 1.95. The fourth-order valence-corrected chi connectivity index (χ4v) is 2.88. The third-order valence-corrected chi connectivity index (χ3v) is 4.21. The lowest BCUT2D eigenvalue weighted by Crippen LogP contribution is -2.19. The summed E-state index contributed by atoms with van der Waals surface area (Å²) < 4.78 is 5.87. The van der Waals surface area contributed by atoms with Crippen LogP contribution in [0, 0.1) is 6.92 Å². The lowest BCUT2D eigenvalue weighted by atomic mass is 10.2. The van der Waals surface area contributed by atoms with Crippen LogP contribution in [0.4, 0.5) is 16.2 Å². The highest BCUT2D eigenvalue weighted by atomic mass is 16.5. The predicted octanol–water partition coefficient (Wildman–Crippen LogP) is 5.91. The van der Waals surface area contributed by atoms with Crippen molar-refractivity contribution in [3.8, 4) is 11.5 Å². The van der Waals surface area contributed by atoms with Crippen molar-refractivity contribution in [2.24, 2.45) is 0 Å². The smallest absolute Gasteiger partial charge is 0.323 e. The maximum atomic E-state index is 12.3. The van der Waals surface area contributed by atoms with E-state index in [4.69, 9.17) is 4.74 Å². The van der Waals surface area contributed by atoms with Crippen molar-refractivity contribution < 1.29 is 9.53 Å². The van der Waals surface area contributed by atoms with Gasteiger partial charge in [-0.25, -0.2) is 4.79 Å². The van der Waals surface area contributed by atoms with E-state index in [1.165, 1.54) is 0 Å². The molecule has 0 aliphatic rings. The number of carbonyl (C=O) groups excluding carboxylic acids is 1. The molecule has 0 radical (unpaired) electrons. The Hall–Kier alpha value is -3.73. The normalized spacial score (nSPS) is 10.6. The van der Waals surface area contributed by atoms with Gasteiger partial charge < -0.3 is 20.4 Å². The zero-order valence-electron chi connectivity index (χ0n) is 14.8. The van der Waals surface area contributed by atoms with E-state index in [1.807, 2.05) is 85.9 Å². The Kier molecular flexibility index (Phi) is 4.49. The van der Waals surface area contributed by atoms with Crippen LogP contribution in [0.2, 0.25) is 0 Å². The molecule has 134 valence electrons. The number of urea groups is 1. The minimum Gasteiger partial charge on any atom is -0.457 e. The van der Waals surface area contributed by atoms with E-state index >= 15 is 0 Å². The lowest BCUT2D eigenvalue weighted by Gasteiger charge is -2.12. The minimum absolute atomic E-state index is 0.291. The molecule has 0 unspecified atom stereocenters. The molecule has 0 spiro atoms. The molecule has 3 N–H and O–H groups in total. The molecule has 0 bridgehead atoms. The number of nitrogens with one attached hydrogen (secondary N) is 3. The highest BCUT2D eigenvalue weighted by Crippen LogP contribution is 2.27.